The highest BCUT2D eigenvalue weighted by molar-refractivity contribution is 5.28. The lowest BCUT2D eigenvalue weighted by Gasteiger charge is -2.07. The molecule has 1 aliphatic carbocycles. The molecule has 1 aliphatic rings. The molecule has 2 rings (SSSR count). The van der Waals surface area contributed by atoms with Crippen molar-refractivity contribution in [2.24, 2.45) is 5.73 Å². The van der Waals surface area contributed by atoms with Crippen LogP contribution in [0.4, 0.5) is 0 Å². The Morgan fingerprint density at radius 1 is 1.24 bits per heavy atom. The van der Waals surface area contributed by atoms with Crippen LogP contribution in [-0.2, 0) is 13.0 Å². The van der Waals surface area contributed by atoms with Crippen molar-refractivity contribution in [2.45, 2.75) is 57.5 Å². The van der Waals surface area contributed by atoms with E-state index >= 15 is 0 Å². The van der Waals surface area contributed by atoms with Crippen LogP contribution >= 0.6 is 0 Å². The fourth-order valence-corrected chi connectivity index (χ4v) is 2.66. The van der Waals surface area contributed by atoms with Gasteiger partial charge in [-0.25, -0.2) is 0 Å². The molecule has 0 spiro atoms. The van der Waals surface area contributed by atoms with Gasteiger partial charge in [0, 0.05) is 31.6 Å². The SMILES string of the molecule is NC1CCCCc2cn(CCCCCO)cc21. The number of rotatable bonds is 5. The molecule has 0 saturated heterocycles. The molecule has 0 bridgehead atoms. The average molecular weight is 236 g/mol. The molecule has 17 heavy (non-hydrogen) atoms. The molecule has 1 unspecified atom stereocenters. The second-order valence-electron chi connectivity index (χ2n) is 5.11. The number of aliphatic hydroxyl groups excluding tert-OH is 1. The molecule has 0 radical (unpaired) electrons. The lowest BCUT2D eigenvalue weighted by Crippen LogP contribution is -2.09. The van der Waals surface area contributed by atoms with E-state index in [1.165, 1.54) is 30.4 Å². The van der Waals surface area contributed by atoms with Gasteiger partial charge in [0.05, 0.1) is 0 Å². The van der Waals surface area contributed by atoms with Gasteiger partial charge in [-0.05, 0) is 49.7 Å². The van der Waals surface area contributed by atoms with E-state index < -0.39 is 0 Å². The topological polar surface area (TPSA) is 51.2 Å². The first kappa shape index (κ1) is 12.7. The van der Waals surface area contributed by atoms with Crippen LogP contribution in [0.3, 0.4) is 0 Å². The number of aryl methyl sites for hydroxylation is 2. The smallest absolute Gasteiger partial charge is 0.0431 e. The molecule has 96 valence electrons. The predicted octanol–water partition coefficient (Wildman–Crippen LogP) is 2.38. The number of hydrogen-bond donors (Lipinski definition) is 2. The number of aliphatic hydroxyl groups is 1. The van der Waals surface area contributed by atoms with Crippen molar-refractivity contribution in [3.05, 3.63) is 23.5 Å². The summed E-state index contributed by atoms with van der Waals surface area (Å²) in [5.41, 5.74) is 9.01. The van der Waals surface area contributed by atoms with Gasteiger partial charge in [0.15, 0.2) is 0 Å². The van der Waals surface area contributed by atoms with Gasteiger partial charge >= 0.3 is 0 Å². The number of nitrogens with zero attached hydrogens (tertiary/aromatic N) is 1. The zero-order chi connectivity index (χ0) is 12.1. The summed E-state index contributed by atoms with van der Waals surface area (Å²) < 4.78 is 2.28. The number of nitrogens with two attached hydrogens (primary N) is 1. The Hall–Kier alpha value is -0.800. The Morgan fingerprint density at radius 2 is 2.12 bits per heavy atom. The quantitative estimate of drug-likeness (QED) is 0.609. The molecule has 1 heterocycles. The molecule has 3 heteroatoms. The van der Waals surface area contributed by atoms with E-state index in [1.807, 2.05) is 0 Å². The lowest BCUT2D eigenvalue weighted by atomic mass is 10.1. The van der Waals surface area contributed by atoms with E-state index in [0.717, 1.165) is 32.2 Å². The molecular weight excluding hydrogens is 212 g/mol. The van der Waals surface area contributed by atoms with E-state index in [0.29, 0.717) is 6.61 Å². The maximum Gasteiger partial charge on any atom is 0.0431 e. The van der Waals surface area contributed by atoms with Gasteiger partial charge in [0.25, 0.3) is 0 Å². The van der Waals surface area contributed by atoms with Crippen molar-refractivity contribution in [2.75, 3.05) is 6.61 Å². The fraction of sp³-hybridized carbons (Fsp3) is 0.714. The lowest BCUT2D eigenvalue weighted by molar-refractivity contribution is 0.282. The van der Waals surface area contributed by atoms with Crippen LogP contribution in [0.2, 0.25) is 0 Å². The fourth-order valence-electron chi connectivity index (χ4n) is 2.66. The molecular formula is C14H24N2O. The summed E-state index contributed by atoms with van der Waals surface area (Å²) in [4.78, 5) is 0. The van der Waals surface area contributed by atoms with Crippen LogP contribution < -0.4 is 5.73 Å². The third-order valence-corrected chi connectivity index (χ3v) is 3.68. The molecule has 0 aliphatic heterocycles. The third-order valence-electron chi connectivity index (χ3n) is 3.68. The summed E-state index contributed by atoms with van der Waals surface area (Å²) in [6, 6.07) is 0.242. The van der Waals surface area contributed by atoms with Gasteiger partial charge in [-0.1, -0.05) is 6.42 Å². The van der Waals surface area contributed by atoms with Crippen molar-refractivity contribution in [1.82, 2.24) is 4.57 Å². The van der Waals surface area contributed by atoms with Crippen molar-refractivity contribution < 1.29 is 5.11 Å². The molecule has 0 aromatic carbocycles. The Morgan fingerprint density at radius 3 is 2.94 bits per heavy atom. The third kappa shape index (κ3) is 3.33. The number of unbranched alkanes of at least 4 members (excludes halogenated alkanes) is 2. The summed E-state index contributed by atoms with van der Waals surface area (Å²) in [5, 5.41) is 8.74. The average Bonchev–Trinajstić information content (AvgIpc) is 2.66. The number of fused-ring (bicyclic) bond motifs is 1. The van der Waals surface area contributed by atoms with Gasteiger partial charge in [0.1, 0.15) is 0 Å². The Kier molecular flexibility index (Phi) is 4.63. The van der Waals surface area contributed by atoms with E-state index in [4.69, 9.17) is 10.8 Å². The predicted molar refractivity (Wildman–Crippen MR) is 69.9 cm³/mol. The van der Waals surface area contributed by atoms with Gasteiger partial charge in [-0.15, -0.1) is 0 Å². The van der Waals surface area contributed by atoms with Crippen molar-refractivity contribution >= 4 is 0 Å². The first-order chi connectivity index (χ1) is 8.31. The highest BCUT2D eigenvalue weighted by atomic mass is 16.2. The zero-order valence-corrected chi connectivity index (χ0v) is 10.6. The van der Waals surface area contributed by atoms with Crippen LogP contribution in [0.15, 0.2) is 12.4 Å². The van der Waals surface area contributed by atoms with Crippen molar-refractivity contribution in [3.8, 4) is 0 Å². The Labute approximate surface area is 104 Å². The Balaban J connectivity index is 1.94. The van der Waals surface area contributed by atoms with Gasteiger partial charge < -0.3 is 15.4 Å². The van der Waals surface area contributed by atoms with Crippen molar-refractivity contribution in [1.29, 1.82) is 0 Å². The highest BCUT2D eigenvalue weighted by Gasteiger charge is 2.16. The van der Waals surface area contributed by atoms with E-state index in [-0.39, 0.29) is 6.04 Å². The molecule has 0 amide bonds. The first-order valence-corrected chi connectivity index (χ1v) is 6.86. The maximum atomic E-state index is 8.74. The van der Waals surface area contributed by atoms with E-state index in [1.54, 1.807) is 0 Å². The second-order valence-corrected chi connectivity index (χ2v) is 5.11. The van der Waals surface area contributed by atoms with E-state index in [9.17, 15) is 0 Å². The van der Waals surface area contributed by atoms with E-state index in [2.05, 4.69) is 17.0 Å². The number of aromatic nitrogens is 1. The summed E-state index contributed by atoms with van der Waals surface area (Å²) in [7, 11) is 0. The zero-order valence-electron chi connectivity index (χ0n) is 10.6. The first-order valence-electron chi connectivity index (χ1n) is 6.86. The summed E-state index contributed by atoms with van der Waals surface area (Å²) in [6.07, 6.45) is 12.5. The van der Waals surface area contributed by atoms with Crippen LogP contribution in [0.5, 0.6) is 0 Å². The highest BCUT2D eigenvalue weighted by Crippen LogP contribution is 2.27. The normalized spacial score (nSPS) is 20.0. The summed E-state index contributed by atoms with van der Waals surface area (Å²) >= 11 is 0. The largest absolute Gasteiger partial charge is 0.396 e. The van der Waals surface area contributed by atoms with Gasteiger partial charge in [-0.3, -0.25) is 0 Å². The summed E-state index contributed by atoms with van der Waals surface area (Å²) in [6.45, 7) is 1.37. The minimum Gasteiger partial charge on any atom is -0.396 e. The molecule has 0 fully saturated rings. The number of hydrogen-bond acceptors (Lipinski definition) is 2. The van der Waals surface area contributed by atoms with Crippen LogP contribution in [0.25, 0.3) is 0 Å². The van der Waals surface area contributed by atoms with Gasteiger partial charge in [-0.2, -0.15) is 0 Å². The molecule has 1 atom stereocenters. The molecule has 1 aromatic heterocycles. The van der Waals surface area contributed by atoms with Crippen molar-refractivity contribution in [3.63, 3.8) is 0 Å². The Bertz CT molecular complexity index is 346. The minimum atomic E-state index is 0.242. The van der Waals surface area contributed by atoms with Crippen LogP contribution in [0, 0.1) is 0 Å². The van der Waals surface area contributed by atoms with Crippen LogP contribution in [0.1, 0.15) is 55.7 Å². The summed E-state index contributed by atoms with van der Waals surface area (Å²) in [5.74, 6) is 0. The van der Waals surface area contributed by atoms with Gasteiger partial charge in [0.2, 0.25) is 0 Å². The standard InChI is InChI=1S/C14H24N2O/c15-14-7-3-2-6-12-10-16(11-13(12)14)8-4-1-5-9-17/h10-11,14,17H,1-9,15H2. The molecule has 0 saturated carbocycles. The monoisotopic (exact) mass is 236 g/mol. The second kappa shape index (κ2) is 6.22. The minimum absolute atomic E-state index is 0.242. The van der Waals surface area contributed by atoms with Crippen LogP contribution in [-0.4, -0.2) is 16.3 Å². The molecule has 3 N–H and O–H groups in total. The molecule has 1 aromatic rings. The maximum absolute atomic E-state index is 8.74. The molecule has 3 nitrogen and oxygen atoms in total.